The topological polar surface area (TPSA) is 210 Å². The van der Waals surface area contributed by atoms with Crippen molar-refractivity contribution in [2.24, 2.45) is 0 Å². The molecule has 0 saturated heterocycles. The van der Waals surface area contributed by atoms with E-state index in [2.05, 4.69) is 80.7 Å². The van der Waals surface area contributed by atoms with E-state index in [0.717, 1.165) is 64.2 Å². The van der Waals surface area contributed by atoms with Gasteiger partial charge in [-0.15, -0.1) is 0 Å². The van der Waals surface area contributed by atoms with Gasteiger partial charge in [-0.2, -0.15) is 0 Å². The first-order chi connectivity index (χ1) is 32.4. The highest BCUT2D eigenvalue weighted by atomic mass is 31.2. The van der Waals surface area contributed by atoms with E-state index in [4.69, 9.17) is 18.5 Å². The zero-order chi connectivity index (χ0) is 49.2. The lowest BCUT2D eigenvalue weighted by molar-refractivity contribution is -0.220. The van der Waals surface area contributed by atoms with E-state index in [1.807, 2.05) is 18.2 Å². The van der Waals surface area contributed by atoms with Crippen LogP contribution in [0.2, 0.25) is 0 Å². The maximum Gasteiger partial charge on any atom is 0.472 e. The normalized spacial score (nSPS) is 21.9. The van der Waals surface area contributed by atoms with Gasteiger partial charge in [-0.25, -0.2) is 4.57 Å². The van der Waals surface area contributed by atoms with Crippen LogP contribution in [0.1, 0.15) is 181 Å². The molecule has 1 aliphatic carbocycles. The molecule has 0 aliphatic heterocycles. The summed E-state index contributed by atoms with van der Waals surface area (Å²) in [7, 11) is -5.14. The summed E-state index contributed by atoms with van der Waals surface area (Å²) in [4.78, 5) is 35.8. The van der Waals surface area contributed by atoms with Crippen molar-refractivity contribution in [2.75, 3.05) is 13.2 Å². The zero-order valence-corrected chi connectivity index (χ0v) is 41.8. The predicted molar refractivity (Wildman–Crippen MR) is 267 cm³/mol. The minimum absolute atomic E-state index is 0.0377. The molecule has 1 saturated carbocycles. The molecule has 8 atom stereocenters. The van der Waals surface area contributed by atoms with Crippen molar-refractivity contribution in [3.63, 3.8) is 0 Å². The van der Waals surface area contributed by atoms with Crippen LogP contribution in [0.4, 0.5) is 0 Å². The van der Waals surface area contributed by atoms with E-state index in [1.54, 1.807) is 0 Å². The minimum atomic E-state index is -5.14. The number of phosphoric ester groups is 1. The van der Waals surface area contributed by atoms with Gasteiger partial charge in [-0.05, 0) is 77.0 Å². The van der Waals surface area contributed by atoms with E-state index < -0.39 is 75.7 Å². The molecule has 0 spiro atoms. The molecule has 384 valence electrons. The number of rotatable bonds is 41. The number of allylic oxidation sites excluding steroid dienone is 14. The Labute approximate surface area is 403 Å². The Morgan fingerprint density at radius 3 is 1.36 bits per heavy atom. The second kappa shape index (κ2) is 42.0. The van der Waals surface area contributed by atoms with Crippen LogP contribution in [0.15, 0.2) is 85.1 Å². The largest absolute Gasteiger partial charge is 0.472 e. The van der Waals surface area contributed by atoms with Crippen LogP contribution < -0.4 is 0 Å². The van der Waals surface area contributed by atoms with Crippen LogP contribution >= 0.6 is 7.82 Å². The minimum Gasteiger partial charge on any atom is -0.462 e. The molecule has 0 bridgehead atoms. The van der Waals surface area contributed by atoms with Crippen molar-refractivity contribution in [2.45, 2.75) is 224 Å². The number of hydrogen-bond donors (Lipinski definition) is 6. The summed E-state index contributed by atoms with van der Waals surface area (Å²) in [6, 6.07) is 0. The van der Waals surface area contributed by atoms with Crippen LogP contribution in [0.5, 0.6) is 0 Å². The number of ether oxygens (including phenoxy) is 2. The molecule has 6 unspecified atom stereocenters. The molecule has 0 amide bonds. The molecular formula is C53H89O13P. The fourth-order valence-corrected chi connectivity index (χ4v) is 8.16. The first-order valence-electron chi connectivity index (χ1n) is 25.4. The maximum atomic E-state index is 12.8. The SMILES string of the molecule is CC/C=C/C/C=C/C/C=C/C/C=C/C/C=C/C/C=C/CCC(=O)OC[C@@H](COP(=O)(O)OC1C(O)C(O)C(O)[C@H](O)C1O)OC(=O)CCCCCCCCCCC/C=C/CCCCCCCC. The standard InChI is InChI=1S/C53H89O13P/c1-3-5-7-9-11-13-15-17-19-21-23-25-27-29-31-33-35-37-39-41-46(54)63-43-45(44-64-67(61,62)66-53-51(59)49(57)48(56)50(58)52(53)60)65-47(55)42-40-38-36-34-32-30-28-26-24-22-20-18-16-14-12-10-8-6-4-2/h5,7,11,13,17-20,23,25,29,31,35,37,45,48-53,56-60H,3-4,6,8-10,12,14-16,21-22,24,26-28,30,32-34,36,38-44H2,1-2H3,(H,61,62)/b7-5+,13-11+,19-17+,20-18+,25-23+,31-29+,37-35+/t45-,48?,49-,50?,51?,52?,53?/m0/s1. The number of aliphatic hydroxyl groups excluding tert-OH is 5. The van der Waals surface area contributed by atoms with Crippen molar-refractivity contribution < 1.29 is 63.1 Å². The molecule has 67 heavy (non-hydrogen) atoms. The van der Waals surface area contributed by atoms with Crippen molar-refractivity contribution in [3.05, 3.63) is 85.1 Å². The van der Waals surface area contributed by atoms with Crippen LogP contribution in [0.3, 0.4) is 0 Å². The van der Waals surface area contributed by atoms with Crippen molar-refractivity contribution in [1.82, 2.24) is 0 Å². The molecule has 0 aromatic carbocycles. The molecule has 1 fully saturated rings. The third-order valence-electron chi connectivity index (χ3n) is 11.2. The third kappa shape index (κ3) is 34.1. The summed E-state index contributed by atoms with van der Waals surface area (Å²) < 4.78 is 33.5. The highest BCUT2D eigenvalue weighted by Crippen LogP contribution is 2.47. The molecule has 0 aromatic rings. The maximum absolute atomic E-state index is 12.8. The number of phosphoric acid groups is 1. The molecule has 0 radical (unpaired) electrons. The zero-order valence-electron chi connectivity index (χ0n) is 40.9. The predicted octanol–water partition coefficient (Wildman–Crippen LogP) is 10.8. The van der Waals surface area contributed by atoms with Crippen LogP contribution in [0, 0.1) is 0 Å². The Morgan fingerprint density at radius 1 is 0.478 bits per heavy atom. The summed E-state index contributed by atoms with van der Waals surface area (Å²) in [5, 5.41) is 50.3. The molecule has 0 aromatic heterocycles. The van der Waals surface area contributed by atoms with Gasteiger partial charge in [0.1, 0.15) is 43.2 Å². The van der Waals surface area contributed by atoms with Crippen molar-refractivity contribution in [1.29, 1.82) is 0 Å². The molecular weight excluding hydrogens is 876 g/mol. The molecule has 14 heteroatoms. The highest BCUT2D eigenvalue weighted by Gasteiger charge is 2.51. The van der Waals surface area contributed by atoms with Gasteiger partial charge in [-0.3, -0.25) is 18.6 Å². The van der Waals surface area contributed by atoms with Crippen molar-refractivity contribution in [3.8, 4) is 0 Å². The lowest BCUT2D eigenvalue weighted by Crippen LogP contribution is -2.64. The van der Waals surface area contributed by atoms with Gasteiger partial charge < -0.3 is 39.9 Å². The smallest absolute Gasteiger partial charge is 0.462 e. The molecule has 0 heterocycles. The average Bonchev–Trinajstić information content (AvgIpc) is 3.31. The van der Waals surface area contributed by atoms with Crippen LogP contribution in [-0.2, 0) is 32.7 Å². The molecule has 1 aliphatic rings. The number of esters is 2. The van der Waals surface area contributed by atoms with Crippen molar-refractivity contribution >= 4 is 19.8 Å². The van der Waals surface area contributed by atoms with E-state index in [0.29, 0.717) is 19.3 Å². The van der Waals surface area contributed by atoms with Gasteiger partial charge in [0.15, 0.2) is 6.10 Å². The number of hydrogen-bond acceptors (Lipinski definition) is 12. The van der Waals surface area contributed by atoms with E-state index in [-0.39, 0.29) is 12.8 Å². The fraction of sp³-hybridized carbons (Fsp3) is 0.698. The lowest BCUT2D eigenvalue weighted by atomic mass is 9.85. The first kappa shape index (κ1) is 62.0. The summed E-state index contributed by atoms with van der Waals surface area (Å²) in [6.45, 7) is 3.12. The lowest BCUT2D eigenvalue weighted by Gasteiger charge is -2.41. The second-order valence-corrected chi connectivity index (χ2v) is 18.7. The van der Waals surface area contributed by atoms with Crippen LogP contribution in [-0.4, -0.2) is 98.3 Å². The van der Waals surface area contributed by atoms with Crippen LogP contribution in [0.25, 0.3) is 0 Å². The Kier molecular flexibility index (Phi) is 38.9. The van der Waals surface area contributed by atoms with E-state index in [1.165, 1.54) is 70.6 Å². The van der Waals surface area contributed by atoms with Gasteiger partial charge >= 0.3 is 19.8 Å². The molecule has 13 nitrogen and oxygen atoms in total. The summed E-state index contributed by atoms with van der Waals surface area (Å²) >= 11 is 0. The Bertz CT molecular complexity index is 1490. The quantitative estimate of drug-likeness (QED) is 0.0146. The van der Waals surface area contributed by atoms with Gasteiger partial charge in [0.25, 0.3) is 0 Å². The number of aliphatic hydroxyl groups is 5. The van der Waals surface area contributed by atoms with E-state index in [9.17, 15) is 44.6 Å². The van der Waals surface area contributed by atoms with Gasteiger partial charge in [-0.1, -0.05) is 176 Å². The summed E-state index contributed by atoms with van der Waals surface area (Å²) in [5.74, 6) is -1.20. The monoisotopic (exact) mass is 965 g/mol. The molecule has 1 rings (SSSR count). The Morgan fingerprint density at radius 2 is 0.881 bits per heavy atom. The van der Waals surface area contributed by atoms with Gasteiger partial charge in [0.2, 0.25) is 0 Å². The Balaban J connectivity index is 2.47. The highest BCUT2D eigenvalue weighted by molar-refractivity contribution is 7.47. The Hall–Kier alpha value is -2.97. The average molecular weight is 965 g/mol. The first-order valence-corrected chi connectivity index (χ1v) is 26.9. The second-order valence-electron chi connectivity index (χ2n) is 17.3. The third-order valence-corrected chi connectivity index (χ3v) is 12.2. The van der Waals surface area contributed by atoms with Gasteiger partial charge in [0.05, 0.1) is 6.61 Å². The number of carbonyl (C=O) groups is 2. The van der Waals surface area contributed by atoms with E-state index >= 15 is 0 Å². The summed E-state index contributed by atoms with van der Waals surface area (Å²) in [5.41, 5.74) is 0. The molecule has 6 N–H and O–H groups in total. The van der Waals surface area contributed by atoms with Gasteiger partial charge in [0, 0.05) is 12.8 Å². The number of unbranched alkanes of at least 4 members (excludes halogenated alkanes) is 15. The number of carbonyl (C=O) groups excluding carboxylic acids is 2. The fourth-order valence-electron chi connectivity index (χ4n) is 7.19. The summed E-state index contributed by atoms with van der Waals surface area (Å²) in [6.07, 6.45) is 42.1.